The quantitative estimate of drug-likeness (QED) is 0.0686. The predicted molar refractivity (Wildman–Crippen MR) is 231 cm³/mol. The number of halogens is 3. The second kappa shape index (κ2) is 25.0. The molecule has 7 amide bonds. The Labute approximate surface area is 379 Å². The molecule has 0 saturated heterocycles. The van der Waals surface area contributed by atoms with Gasteiger partial charge >= 0.3 is 18.1 Å². The molecule has 0 bridgehead atoms. The molecule has 0 spiro atoms. The van der Waals surface area contributed by atoms with Gasteiger partial charge in [0.25, 0.3) is 5.91 Å². The fourth-order valence-electron chi connectivity index (χ4n) is 6.46. The Balaban J connectivity index is 2.50. The summed E-state index contributed by atoms with van der Waals surface area (Å²) in [4.78, 5) is 129. The summed E-state index contributed by atoms with van der Waals surface area (Å²) in [7, 11) is 0. The summed E-state index contributed by atoms with van der Waals surface area (Å²) in [6, 6.07) is 2.16. The number of carboxylic acids is 2. The first-order valence-electron chi connectivity index (χ1n) is 20.8. The van der Waals surface area contributed by atoms with Crippen LogP contribution < -0.4 is 37.2 Å². The van der Waals surface area contributed by atoms with Crippen LogP contribution in [0.25, 0.3) is 0 Å². The van der Waals surface area contributed by atoms with Crippen LogP contribution >= 0.6 is 0 Å². The van der Waals surface area contributed by atoms with E-state index in [1.54, 1.807) is 65.8 Å². The lowest BCUT2D eigenvalue weighted by Gasteiger charge is -2.34. The lowest BCUT2D eigenvalue weighted by Crippen LogP contribution is -2.62. The van der Waals surface area contributed by atoms with Gasteiger partial charge in [-0.15, -0.1) is 0 Å². The molecule has 0 fully saturated rings. The van der Waals surface area contributed by atoms with Crippen molar-refractivity contribution >= 4 is 65.3 Å². The number of carboxylic acid groups (broad SMARTS) is 2. The lowest BCUT2D eigenvalue weighted by molar-refractivity contribution is -0.147. The van der Waals surface area contributed by atoms with Crippen molar-refractivity contribution in [3.8, 4) is 0 Å². The van der Waals surface area contributed by atoms with Gasteiger partial charge in [0.05, 0.1) is 18.9 Å². The average Bonchev–Trinajstić information content (AvgIpc) is 3.19. The Hall–Kier alpha value is -6.87. The highest BCUT2D eigenvalue weighted by molar-refractivity contribution is 6.01. The van der Waals surface area contributed by atoms with Crippen molar-refractivity contribution in [3.05, 3.63) is 65.2 Å². The van der Waals surface area contributed by atoms with Crippen LogP contribution in [0.15, 0.2) is 48.5 Å². The summed E-state index contributed by atoms with van der Waals surface area (Å²) in [5, 5.41) is 35.7. The normalized spacial score (nSPS) is 14.2. The minimum atomic E-state index is -4.80. The highest BCUT2D eigenvalue weighted by atomic mass is 19.4. The van der Waals surface area contributed by atoms with Crippen molar-refractivity contribution in [2.24, 2.45) is 11.3 Å². The number of carbonyl (C=O) groups is 10. The van der Waals surface area contributed by atoms with E-state index in [2.05, 4.69) is 31.9 Å². The van der Waals surface area contributed by atoms with Crippen molar-refractivity contribution in [2.75, 3.05) is 5.32 Å². The maximum absolute atomic E-state index is 14.3. The molecule has 0 heterocycles. The van der Waals surface area contributed by atoms with E-state index in [9.17, 15) is 71.3 Å². The van der Waals surface area contributed by atoms with Crippen LogP contribution in [0.1, 0.15) is 95.1 Å². The predicted octanol–water partition coefficient (Wildman–Crippen LogP) is 2.30. The van der Waals surface area contributed by atoms with Gasteiger partial charge in [-0.3, -0.25) is 43.2 Å². The van der Waals surface area contributed by atoms with Crippen LogP contribution in [-0.4, -0.2) is 112 Å². The van der Waals surface area contributed by atoms with Gasteiger partial charge in [0.15, 0.2) is 0 Å². The maximum atomic E-state index is 14.3. The molecule has 2 rings (SSSR count). The Morgan fingerprint density at radius 1 is 0.697 bits per heavy atom. The number of hydrogen-bond donors (Lipinski definition) is 9. The fourth-order valence-corrected chi connectivity index (χ4v) is 6.46. The first kappa shape index (κ1) is 55.3. The number of amides is 7. The fraction of sp³-hybridized carbons (Fsp3) is 0.500. The van der Waals surface area contributed by atoms with Gasteiger partial charge in [0.1, 0.15) is 36.5 Å². The standard InChI is InChI=1S/C44H58F3N7O12/c1-23(2)17-31(39(63)49-29(22-55)21-44(45,46)47)53-42(66)36(43(5,6)7)54-41(65)32(19-26-12-9-8-11-24(26)3)52-38(62)30(15-16-34(57)58)50-40(64)33(20-35(59)60)51-37(61)27-13-10-14-28(18-27)48-25(4)56/h8-14,18,22-23,29-33,36H,15-17,19-21H2,1-7H3,(H,48,56)(H,49,63)(H,50,64)(H,51,61)(H,52,62)(H,53,66)(H,54,65)(H,57,58)(H,59,60)/t29?,30-,31-,32-,33-,36+/m0/s1. The molecule has 0 radical (unpaired) electrons. The van der Waals surface area contributed by atoms with Gasteiger partial charge in [0, 0.05) is 31.0 Å². The third-order valence-corrected chi connectivity index (χ3v) is 9.74. The van der Waals surface area contributed by atoms with E-state index < -0.39 is 127 Å². The molecule has 66 heavy (non-hydrogen) atoms. The van der Waals surface area contributed by atoms with E-state index in [1.165, 1.54) is 31.2 Å². The molecule has 362 valence electrons. The zero-order valence-electron chi connectivity index (χ0n) is 37.6. The number of hydrogen-bond acceptors (Lipinski definition) is 10. The third-order valence-electron chi connectivity index (χ3n) is 9.74. The van der Waals surface area contributed by atoms with Crippen LogP contribution in [0.4, 0.5) is 18.9 Å². The number of aldehydes is 1. The topological polar surface area (TPSA) is 295 Å². The molecule has 2 aromatic rings. The monoisotopic (exact) mass is 933 g/mol. The summed E-state index contributed by atoms with van der Waals surface area (Å²) in [5.41, 5.74) is 0.202. The van der Waals surface area contributed by atoms with Gasteiger partial charge < -0.3 is 52.2 Å². The summed E-state index contributed by atoms with van der Waals surface area (Å²) >= 11 is 0. The minimum Gasteiger partial charge on any atom is -0.481 e. The molecule has 0 aliphatic rings. The van der Waals surface area contributed by atoms with Gasteiger partial charge in [0.2, 0.25) is 35.4 Å². The number of aryl methyl sites for hydroxylation is 1. The molecule has 6 atom stereocenters. The van der Waals surface area contributed by atoms with E-state index in [0.717, 1.165) is 0 Å². The van der Waals surface area contributed by atoms with Crippen molar-refractivity contribution in [1.82, 2.24) is 31.9 Å². The molecule has 22 heteroatoms. The molecule has 9 N–H and O–H groups in total. The zero-order chi connectivity index (χ0) is 50.1. The largest absolute Gasteiger partial charge is 0.481 e. The van der Waals surface area contributed by atoms with Crippen molar-refractivity contribution in [2.45, 2.75) is 129 Å². The van der Waals surface area contributed by atoms with E-state index in [-0.39, 0.29) is 36.3 Å². The second-order valence-corrected chi connectivity index (χ2v) is 17.1. The first-order valence-corrected chi connectivity index (χ1v) is 20.8. The Morgan fingerprint density at radius 2 is 1.27 bits per heavy atom. The van der Waals surface area contributed by atoms with Gasteiger partial charge in [-0.2, -0.15) is 13.2 Å². The molecular formula is C44H58F3N7O12. The molecule has 19 nitrogen and oxygen atoms in total. The molecule has 0 aliphatic carbocycles. The van der Waals surface area contributed by atoms with E-state index in [0.29, 0.717) is 11.1 Å². The van der Waals surface area contributed by atoms with Gasteiger partial charge in [-0.25, -0.2) is 0 Å². The highest BCUT2D eigenvalue weighted by Gasteiger charge is 2.39. The molecule has 0 aromatic heterocycles. The Kier molecular flexibility index (Phi) is 20.9. The Bertz CT molecular complexity index is 2110. The number of alkyl halides is 3. The number of aliphatic carboxylic acids is 2. The summed E-state index contributed by atoms with van der Waals surface area (Å²) in [6.45, 7) is 11.0. The average molecular weight is 934 g/mol. The van der Waals surface area contributed by atoms with Crippen LogP contribution in [0.5, 0.6) is 0 Å². The van der Waals surface area contributed by atoms with Crippen LogP contribution in [0, 0.1) is 18.3 Å². The van der Waals surface area contributed by atoms with E-state index >= 15 is 0 Å². The summed E-state index contributed by atoms with van der Waals surface area (Å²) in [5.74, 6) is -9.95. The summed E-state index contributed by atoms with van der Waals surface area (Å²) in [6.07, 6.45) is -9.14. The lowest BCUT2D eigenvalue weighted by atomic mass is 9.85. The molecule has 0 saturated carbocycles. The highest BCUT2D eigenvalue weighted by Crippen LogP contribution is 2.23. The van der Waals surface area contributed by atoms with Gasteiger partial charge in [-0.1, -0.05) is 65.0 Å². The van der Waals surface area contributed by atoms with Crippen molar-refractivity contribution in [3.63, 3.8) is 0 Å². The number of carbonyl (C=O) groups excluding carboxylic acids is 8. The van der Waals surface area contributed by atoms with E-state index in [1.807, 2.05) is 5.32 Å². The number of nitrogens with one attached hydrogen (secondary N) is 7. The zero-order valence-corrected chi connectivity index (χ0v) is 37.6. The first-order chi connectivity index (χ1) is 30.6. The molecule has 2 aromatic carbocycles. The Morgan fingerprint density at radius 3 is 1.82 bits per heavy atom. The number of anilines is 1. The van der Waals surface area contributed by atoms with Crippen molar-refractivity contribution < 1.29 is 71.3 Å². The number of benzene rings is 2. The number of rotatable bonds is 24. The minimum absolute atomic E-state index is 0.0805. The summed E-state index contributed by atoms with van der Waals surface area (Å²) < 4.78 is 39.2. The van der Waals surface area contributed by atoms with Crippen LogP contribution in [0.2, 0.25) is 0 Å². The van der Waals surface area contributed by atoms with Crippen LogP contribution in [0.3, 0.4) is 0 Å². The molecule has 1 unspecified atom stereocenters. The van der Waals surface area contributed by atoms with Crippen molar-refractivity contribution in [1.29, 1.82) is 0 Å². The van der Waals surface area contributed by atoms with Gasteiger partial charge in [-0.05, 0) is 60.4 Å². The second-order valence-electron chi connectivity index (χ2n) is 17.1. The van der Waals surface area contributed by atoms with E-state index in [4.69, 9.17) is 0 Å². The smallest absolute Gasteiger partial charge is 0.391 e. The maximum Gasteiger partial charge on any atom is 0.391 e. The third kappa shape index (κ3) is 19.5. The van der Waals surface area contributed by atoms with Crippen LogP contribution in [-0.2, 0) is 49.6 Å². The SMILES string of the molecule is CC(=O)Nc1cccc(C(=O)N[C@@H](CC(=O)O)C(=O)N[C@@H](CCC(=O)O)C(=O)N[C@@H](Cc2ccccc2C)C(=O)N[C@H](C(=O)N[C@@H](CC(C)C)C(=O)NC(C=O)CC(F)(F)F)C(C)(C)C)c1. The molecular weight excluding hydrogens is 876 g/mol. The molecule has 0 aliphatic heterocycles.